The van der Waals surface area contributed by atoms with Gasteiger partial charge < -0.3 is 4.74 Å². The molecule has 0 unspecified atom stereocenters. The van der Waals surface area contributed by atoms with E-state index in [9.17, 15) is 4.79 Å². The van der Waals surface area contributed by atoms with Crippen LogP contribution >= 0.6 is 0 Å². The summed E-state index contributed by atoms with van der Waals surface area (Å²) in [6.45, 7) is 2.26. The average Bonchev–Trinajstić information content (AvgIpc) is 2.58. The molecule has 0 aromatic carbocycles. The highest BCUT2D eigenvalue weighted by molar-refractivity contribution is 5.90. The van der Waals surface area contributed by atoms with Gasteiger partial charge >= 0.3 is 5.97 Å². The molecule has 1 aliphatic carbocycles. The molecule has 0 saturated heterocycles. The first-order valence-corrected chi connectivity index (χ1v) is 5.50. The standard InChI is InChI=1S/C12H18NO2/c1-8-4-5-9-10(8)6-13(2)7-11(9)12(14)15-3/h6-10H,4-5H2,1-3H3/q+1/t8-,9-,10+/m0/s1. The van der Waals surface area contributed by atoms with Gasteiger partial charge in [0, 0.05) is 11.8 Å². The molecule has 0 radical (unpaired) electrons. The van der Waals surface area contributed by atoms with Crippen molar-refractivity contribution in [3.63, 3.8) is 0 Å². The van der Waals surface area contributed by atoms with E-state index in [0.717, 1.165) is 12.0 Å². The number of hydrogen-bond acceptors (Lipinski definition) is 2. The summed E-state index contributed by atoms with van der Waals surface area (Å²) in [6, 6.07) is 0. The van der Waals surface area contributed by atoms with E-state index in [-0.39, 0.29) is 5.97 Å². The Morgan fingerprint density at radius 1 is 1.53 bits per heavy atom. The summed E-state index contributed by atoms with van der Waals surface area (Å²) in [5, 5.41) is 0. The number of fused-ring (bicyclic) bond motifs is 1. The molecular weight excluding hydrogens is 190 g/mol. The first-order chi connectivity index (χ1) is 7.13. The number of carbonyl (C=O) groups excluding carboxylic acids is 1. The number of hydrogen-bond donors (Lipinski definition) is 0. The number of methoxy groups -OCH3 is 1. The highest BCUT2D eigenvalue weighted by atomic mass is 16.5. The highest BCUT2D eigenvalue weighted by Gasteiger charge is 2.42. The number of ether oxygens (including phenoxy) is 1. The van der Waals surface area contributed by atoms with E-state index in [1.807, 2.05) is 17.8 Å². The zero-order valence-corrected chi connectivity index (χ0v) is 9.56. The van der Waals surface area contributed by atoms with Crippen molar-refractivity contribution in [3.8, 4) is 0 Å². The third-order valence-corrected chi connectivity index (χ3v) is 3.63. The summed E-state index contributed by atoms with van der Waals surface area (Å²) < 4.78 is 6.83. The molecule has 3 nitrogen and oxygen atoms in total. The summed E-state index contributed by atoms with van der Waals surface area (Å²) in [4.78, 5) is 11.6. The zero-order valence-electron chi connectivity index (χ0n) is 9.56. The summed E-state index contributed by atoms with van der Waals surface area (Å²) >= 11 is 0. The fraction of sp³-hybridized carbons (Fsp3) is 0.667. The number of nitrogens with zero attached hydrogens (tertiary/aromatic N) is 1. The molecule has 1 fully saturated rings. The molecule has 1 heterocycles. The molecule has 1 aliphatic heterocycles. The van der Waals surface area contributed by atoms with E-state index in [4.69, 9.17) is 4.74 Å². The quantitative estimate of drug-likeness (QED) is 0.482. The molecule has 0 aromatic heterocycles. The Morgan fingerprint density at radius 2 is 2.27 bits per heavy atom. The van der Waals surface area contributed by atoms with Gasteiger partial charge in [0.05, 0.1) is 7.11 Å². The van der Waals surface area contributed by atoms with Gasteiger partial charge in [0.2, 0.25) is 0 Å². The van der Waals surface area contributed by atoms with E-state index >= 15 is 0 Å². The minimum Gasteiger partial charge on any atom is -0.465 e. The van der Waals surface area contributed by atoms with E-state index in [1.54, 1.807) is 0 Å². The zero-order chi connectivity index (χ0) is 11.0. The fourth-order valence-electron chi connectivity index (χ4n) is 2.79. The molecule has 1 saturated carbocycles. The van der Waals surface area contributed by atoms with Crippen molar-refractivity contribution in [2.24, 2.45) is 17.8 Å². The molecule has 3 atom stereocenters. The second kappa shape index (κ2) is 3.80. The van der Waals surface area contributed by atoms with Crippen LogP contribution in [-0.4, -0.2) is 30.9 Å². The lowest BCUT2D eigenvalue weighted by Crippen LogP contribution is -2.29. The van der Waals surface area contributed by atoms with Crippen molar-refractivity contribution < 1.29 is 14.1 Å². The maximum atomic E-state index is 11.6. The SMILES string of the molecule is COC(=O)C1=C[N+](C)=C[C@H]2[C@@H]1CC[C@@H]2C. The van der Waals surface area contributed by atoms with E-state index < -0.39 is 0 Å². The van der Waals surface area contributed by atoms with Gasteiger partial charge in [-0.25, -0.2) is 9.37 Å². The van der Waals surface area contributed by atoms with Crippen LogP contribution in [0.15, 0.2) is 11.8 Å². The Hall–Kier alpha value is -1.12. The van der Waals surface area contributed by atoms with E-state index in [2.05, 4.69) is 13.1 Å². The molecule has 2 rings (SSSR count). The smallest absolute Gasteiger partial charge is 0.340 e. The van der Waals surface area contributed by atoms with Gasteiger partial charge in [-0.3, -0.25) is 0 Å². The molecule has 3 heteroatoms. The second-order valence-corrected chi connectivity index (χ2v) is 4.63. The lowest BCUT2D eigenvalue weighted by Gasteiger charge is -2.21. The van der Waals surface area contributed by atoms with Gasteiger partial charge in [-0.2, -0.15) is 0 Å². The molecule has 0 bridgehead atoms. The van der Waals surface area contributed by atoms with Gasteiger partial charge in [-0.1, -0.05) is 6.92 Å². The van der Waals surface area contributed by atoms with Crippen molar-refractivity contribution in [2.45, 2.75) is 19.8 Å². The Labute approximate surface area is 90.4 Å². The summed E-state index contributed by atoms with van der Waals surface area (Å²) in [7, 11) is 3.43. The Morgan fingerprint density at radius 3 is 2.93 bits per heavy atom. The summed E-state index contributed by atoms with van der Waals surface area (Å²) in [5.41, 5.74) is 0.844. The lowest BCUT2D eigenvalue weighted by atomic mass is 9.84. The van der Waals surface area contributed by atoms with Crippen LogP contribution < -0.4 is 0 Å². The van der Waals surface area contributed by atoms with Crippen LogP contribution in [0.4, 0.5) is 0 Å². The van der Waals surface area contributed by atoms with Crippen LogP contribution in [0.2, 0.25) is 0 Å². The first-order valence-electron chi connectivity index (χ1n) is 5.50. The van der Waals surface area contributed by atoms with Crippen molar-refractivity contribution >= 4 is 12.2 Å². The molecular formula is C12H18NO2+. The van der Waals surface area contributed by atoms with Crippen molar-refractivity contribution in [3.05, 3.63) is 11.8 Å². The van der Waals surface area contributed by atoms with Gasteiger partial charge in [0.15, 0.2) is 6.20 Å². The van der Waals surface area contributed by atoms with Crippen LogP contribution in [0.1, 0.15) is 19.8 Å². The number of rotatable bonds is 1. The Balaban J connectivity index is 2.31. The third kappa shape index (κ3) is 1.71. The van der Waals surface area contributed by atoms with Crippen LogP contribution in [0.5, 0.6) is 0 Å². The second-order valence-electron chi connectivity index (χ2n) is 4.63. The van der Waals surface area contributed by atoms with Crippen LogP contribution in [0.25, 0.3) is 0 Å². The van der Waals surface area contributed by atoms with Gasteiger partial charge in [-0.05, 0) is 18.8 Å². The molecule has 2 aliphatic rings. The Bertz CT molecular complexity index is 344. The summed E-state index contributed by atoms with van der Waals surface area (Å²) in [6.07, 6.45) is 6.45. The van der Waals surface area contributed by atoms with Crippen molar-refractivity contribution in [2.75, 3.05) is 14.2 Å². The maximum absolute atomic E-state index is 11.6. The maximum Gasteiger partial charge on any atom is 0.340 e. The Kier molecular flexibility index (Phi) is 2.63. The fourth-order valence-corrected chi connectivity index (χ4v) is 2.79. The van der Waals surface area contributed by atoms with Crippen LogP contribution in [0.3, 0.4) is 0 Å². The van der Waals surface area contributed by atoms with Crippen molar-refractivity contribution in [1.82, 2.24) is 0 Å². The van der Waals surface area contributed by atoms with Gasteiger partial charge in [0.25, 0.3) is 0 Å². The monoisotopic (exact) mass is 208 g/mol. The van der Waals surface area contributed by atoms with Crippen molar-refractivity contribution in [1.29, 1.82) is 0 Å². The number of carbonyl (C=O) groups is 1. The molecule has 0 amide bonds. The largest absolute Gasteiger partial charge is 0.465 e. The van der Waals surface area contributed by atoms with Crippen LogP contribution in [0, 0.1) is 17.8 Å². The average molecular weight is 208 g/mol. The topological polar surface area (TPSA) is 29.3 Å². The van der Waals surface area contributed by atoms with Crippen LogP contribution in [-0.2, 0) is 9.53 Å². The molecule has 0 aromatic rings. The molecule has 0 N–H and O–H groups in total. The normalized spacial score (nSPS) is 34.2. The predicted octanol–water partition coefficient (Wildman–Crippen LogP) is 1.43. The predicted molar refractivity (Wildman–Crippen MR) is 57.7 cm³/mol. The van der Waals surface area contributed by atoms with E-state index in [0.29, 0.717) is 17.8 Å². The van der Waals surface area contributed by atoms with E-state index in [1.165, 1.54) is 13.5 Å². The highest BCUT2D eigenvalue weighted by Crippen LogP contribution is 2.41. The van der Waals surface area contributed by atoms with Gasteiger partial charge in [0.1, 0.15) is 18.8 Å². The third-order valence-electron chi connectivity index (χ3n) is 3.63. The first kappa shape index (κ1) is 10.4. The minimum atomic E-state index is -0.168. The number of esters is 1. The minimum absolute atomic E-state index is 0.168. The summed E-state index contributed by atoms with van der Waals surface area (Å²) in [5.74, 6) is 1.39. The van der Waals surface area contributed by atoms with Gasteiger partial charge in [-0.15, -0.1) is 0 Å². The molecule has 15 heavy (non-hydrogen) atoms. The molecule has 0 spiro atoms. The lowest BCUT2D eigenvalue weighted by molar-refractivity contribution is -0.423. The molecule has 82 valence electrons.